The Morgan fingerprint density at radius 1 is 1.38 bits per heavy atom. The summed E-state index contributed by atoms with van der Waals surface area (Å²) in [6.45, 7) is 6.50. The molecule has 0 atom stereocenters. The Bertz CT molecular complexity index is 329. The van der Waals surface area contributed by atoms with E-state index in [1.165, 1.54) is 11.1 Å². The van der Waals surface area contributed by atoms with Crippen LogP contribution in [0.3, 0.4) is 0 Å². The van der Waals surface area contributed by atoms with Gasteiger partial charge in [-0.1, -0.05) is 19.9 Å². The Hall–Kier alpha value is -1.02. The second-order valence-electron chi connectivity index (χ2n) is 4.40. The fourth-order valence-electron chi connectivity index (χ4n) is 1.98. The number of nitrogen functional groups attached to an aromatic ring is 1. The van der Waals surface area contributed by atoms with Crippen LogP contribution >= 0.6 is 0 Å². The van der Waals surface area contributed by atoms with Gasteiger partial charge >= 0.3 is 0 Å². The summed E-state index contributed by atoms with van der Waals surface area (Å²) < 4.78 is 0. The van der Waals surface area contributed by atoms with Gasteiger partial charge in [0, 0.05) is 24.2 Å². The largest absolute Gasteiger partial charge is 0.399 e. The molecule has 0 amide bonds. The van der Waals surface area contributed by atoms with Crippen LogP contribution in [0.25, 0.3) is 0 Å². The van der Waals surface area contributed by atoms with E-state index in [0.717, 1.165) is 18.8 Å². The quantitative estimate of drug-likeness (QED) is 0.590. The summed E-state index contributed by atoms with van der Waals surface area (Å²) in [7, 11) is 0. The lowest BCUT2D eigenvalue weighted by molar-refractivity contribution is 0.435. The fourth-order valence-corrected chi connectivity index (χ4v) is 1.98. The van der Waals surface area contributed by atoms with Gasteiger partial charge in [-0.2, -0.15) is 0 Å². The zero-order chi connectivity index (χ0) is 9.47. The van der Waals surface area contributed by atoms with Crippen LogP contribution in [-0.4, -0.2) is 6.54 Å². The molecule has 1 aliphatic rings. The van der Waals surface area contributed by atoms with Crippen LogP contribution in [-0.2, 0) is 12.0 Å². The zero-order valence-electron chi connectivity index (χ0n) is 8.22. The summed E-state index contributed by atoms with van der Waals surface area (Å²) >= 11 is 0. The number of nitrogens with one attached hydrogen (secondary N) is 1. The lowest BCUT2D eigenvalue weighted by Gasteiger charge is -2.33. The third-order valence-corrected chi connectivity index (χ3v) is 2.75. The second kappa shape index (κ2) is 2.74. The van der Waals surface area contributed by atoms with Crippen LogP contribution in [0.15, 0.2) is 18.2 Å². The molecule has 2 rings (SSSR count). The lowest BCUT2D eigenvalue weighted by atomic mass is 9.79. The van der Waals surface area contributed by atoms with Gasteiger partial charge in [0.25, 0.3) is 0 Å². The van der Waals surface area contributed by atoms with Crippen molar-refractivity contribution in [2.45, 2.75) is 25.8 Å². The molecule has 0 spiro atoms. The summed E-state index contributed by atoms with van der Waals surface area (Å²) in [4.78, 5) is 0. The molecule has 2 nitrogen and oxygen atoms in total. The molecule has 0 unspecified atom stereocenters. The monoisotopic (exact) mass is 176 g/mol. The summed E-state index contributed by atoms with van der Waals surface area (Å²) in [5, 5.41) is 3.41. The summed E-state index contributed by atoms with van der Waals surface area (Å²) in [5.74, 6) is 0. The van der Waals surface area contributed by atoms with Gasteiger partial charge in [0.1, 0.15) is 0 Å². The van der Waals surface area contributed by atoms with Crippen LogP contribution in [0, 0.1) is 0 Å². The highest BCUT2D eigenvalue weighted by molar-refractivity contribution is 5.48. The lowest BCUT2D eigenvalue weighted by Crippen LogP contribution is -2.38. The van der Waals surface area contributed by atoms with Crippen molar-refractivity contribution in [1.29, 1.82) is 0 Å². The minimum absolute atomic E-state index is 0.211. The van der Waals surface area contributed by atoms with Crippen molar-refractivity contribution in [3.8, 4) is 0 Å². The van der Waals surface area contributed by atoms with Crippen molar-refractivity contribution in [2.75, 3.05) is 12.3 Å². The number of benzene rings is 1. The van der Waals surface area contributed by atoms with Gasteiger partial charge in [-0.05, 0) is 23.3 Å². The van der Waals surface area contributed by atoms with Gasteiger partial charge in [-0.3, -0.25) is 0 Å². The first-order chi connectivity index (χ1) is 6.09. The SMILES string of the molecule is CC1(C)CNCc2ccc(N)cc21. The van der Waals surface area contributed by atoms with Crippen molar-refractivity contribution in [1.82, 2.24) is 5.32 Å². The second-order valence-corrected chi connectivity index (χ2v) is 4.40. The number of nitrogens with two attached hydrogens (primary N) is 1. The van der Waals surface area contributed by atoms with E-state index >= 15 is 0 Å². The minimum Gasteiger partial charge on any atom is -0.399 e. The highest BCUT2D eigenvalue weighted by Crippen LogP contribution is 2.30. The third kappa shape index (κ3) is 1.42. The molecule has 1 aromatic carbocycles. The molecule has 0 aromatic heterocycles. The molecule has 0 bridgehead atoms. The Morgan fingerprint density at radius 2 is 2.15 bits per heavy atom. The highest BCUT2D eigenvalue weighted by atomic mass is 14.9. The van der Waals surface area contributed by atoms with E-state index in [4.69, 9.17) is 5.73 Å². The molecule has 70 valence electrons. The molecule has 0 fully saturated rings. The van der Waals surface area contributed by atoms with Crippen LogP contribution in [0.4, 0.5) is 5.69 Å². The smallest absolute Gasteiger partial charge is 0.0317 e. The maximum Gasteiger partial charge on any atom is 0.0317 e. The van der Waals surface area contributed by atoms with E-state index in [-0.39, 0.29) is 5.41 Å². The molecule has 0 saturated carbocycles. The van der Waals surface area contributed by atoms with Crippen molar-refractivity contribution >= 4 is 5.69 Å². The molecule has 0 radical (unpaired) electrons. The van der Waals surface area contributed by atoms with Gasteiger partial charge in [0.05, 0.1) is 0 Å². The molecular formula is C11H16N2. The molecule has 1 aromatic rings. The zero-order valence-corrected chi connectivity index (χ0v) is 8.22. The topological polar surface area (TPSA) is 38.0 Å². The van der Waals surface area contributed by atoms with Crippen LogP contribution in [0.1, 0.15) is 25.0 Å². The van der Waals surface area contributed by atoms with E-state index < -0.39 is 0 Å². The fraction of sp³-hybridized carbons (Fsp3) is 0.455. The van der Waals surface area contributed by atoms with Crippen LogP contribution < -0.4 is 11.1 Å². The van der Waals surface area contributed by atoms with Gasteiger partial charge in [0.15, 0.2) is 0 Å². The van der Waals surface area contributed by atoms with Gasteiger partial charge in [0.2, 0.25) is 0 Å². The molecule has 1 heterocycles. The Labute approximate surface area is 79.1 Å². The number of hydrogen-bond acceptors (Lipinski definition) is 2. The summed E-state index contributed by atoms with van der Waals surface area (Å²) in [6, 6.07) is 6.21. The molecule has 0 saturated heterocycles. The average molecular weight is 176 g/mol. The van der Waals surface area contributed by atoms with Gasteiger partial charge < -0.3 is 11.1 Å². The summed E-state index contributed by atoms with van der Waals surface area (Å²) in [5.41, 5.74) is 9.64. The predicted molar refractivity (Wildman–Crippen MR) is 55.6 cm³/mol. The normalized spacial score (nSPS) is 19.5. The number of rotatable bonds is 0. The van der Waals surface area contributed by atoms with Crippen LogP contribution in [0.5, 0.6) is 0 Å². The van der Waals surface area contributed by atoms with E-state index in [9.17, 15) is 0 Å². The molecule has 0 aliphatic carbocycles. The predicted octanol–water partition coefficient (Wildman–Crippen LogP) is 1.65. The van der Waals surface area contributed by atoms with Gasteiger partial charge in [-0.25, -0.2) is 0 Å². The first-order valence-electron chi connectivity index (χ1n) is 4.69. The number of hydrogen-bond donors (Lipinski definition) is 2. The van der Waals surface area contributed by atoms with Gasteiger partial charge in [-0.15, -0.1) is 0 Å². The van der Waals surface area contributed by atoms with Crippen molar-refractivity contribution in [2.24, 2.45) is 0 Å². The molecule has 2 heteroatoms. The van der Waals surface area contributed by atoms with E-state index in [1.807, 2.05) is 6.07 Å². The Morgan fingerprint density at radius 3 is 2.92 bits per heavy atom. The van der Waals surface area contributed by atoms with E-state index in [1.54, 1.807) is 0 Å². The number of fused-ring (bicyclic) bond motifs is 1. The number of anilines is 1. The third-order valence-electron chi connectivity index (χ3n) is 2.75. The van der Waals surface area contributed by atoms with E-state index in [2.05, 4.69) is 31.3 Å². The average Bonchev–Trinajstić information content (AvgIpc) is 2.06. The standard InChI is InChI=1S/C11H16N2/c1-11(2)7-13-6-8-3-4-9(12)5-10(8)11/h3-5,13H,6-7,12H2,1-2H3. The van der Waals surface area contributed by atoms with Crippen molar-refractivity contribution in [3.63, 3.8) is 0 Å². The molecule has 13 heavy (non-hydrogen) atoms. The highest BCUT2D eigenvalue weighted by Gasteiger charge is 2.26. The van der Waals surface area contributed by atoms with Crippen molar-refractivity contribution in [3.05, 3.63) is 29.3 Å². The molecule has 1 aliphatic heterocycles. The minimum atomic E-state index is 0.211. The Balaban J connectivity index is 2.55. The molecule has 3 N–H and O–H groups in total. The maximum atomic E-state index is 5.78. The first kappa shape index (κ1) is 8.57. The van der Waals surface area contributed by atoms with Crippen LogP contribution in [0.2, 0.25) is 0 Å². The van der Waals surface area contributed by atoms with Crippen molar-refractivity contribution < 1.29 is 0 Å². The Kier molecular flexibility index (Phi) is 1.81. The molecular weight excluding hydrogens is 160 g/mol. The maximum absolute atomic E-state index is 5.78. The summed E-state index contributed by atoms with van der Waals surface area (Å²) in [6.07, 6.45) is 0. The van der Waals surface area contributed by atoms with E-state index in [0.29, 0.717) is 0 Å². The first-order valence-corrected chi connectivity index (χ1v) is 4.69.